The van der Waals surface area contributed by atoms with Crippen LogP contribution >= 0.6 is 12.9 Å². The van der Waals surface area contributed by atoms with Crippen LogP contribution in [0.2, 0.25) is 0 Å². The molecule has 1 saturated carbocycles. The smallest absolute Gasteiger partial charge is 0.0830 e. The van der Waals surface area contributed by atoms with Gasteiger partial charge in [0.15, 0.2) is 0 Å². The van der Waals surface area contributed by atoms with Gasteiger partial charge in [0.1, 0.15) is 0 Å². The van der Waals surface area contributed by atoms with Gasteiger partial charge in [-0.25, -0.2) is 0 Å². The zero-order valence-corrected chi connectivity index (χ0v) is 13.9. The van der Waals surface area contributed by atoms with Gasteiger partial charge in [-0.15, -0.1) is 0 Å². The Kier molecular flexibility index (Phi) is 3.53. The molecule has 0 aromatic heterocycles. The standard InChI is InChI=1S/C15H30OS/c1-10-12(2,3)14(6,7)11(16-17)15(8,9)13(10,4)5/h10-11,17H,1-9H3. The number of rotatable bonds is 1. The minimum Gasteiger partial charge on any atom is -0.314 e. The van der Waals surface area contributed by atoms with E-state index in [0.29, 0.717) is 5.92 Å². The lowest BCUT2D eigenvalue weighted by Gasteiger charge is -2.67. The molecule has 1 aliphatic rings. The Labute approximate surface area is 113 Å². The van der Waals surface area contributed by atoms with Crippen molar-refractivity contribution in [1.29, 1.82) is 0 Å². The van der Waals surface area contributed by atoms with E-state index in [1.807, 2.05) is 0 Å². The summed E-state index contributed by atoms with van der Waals surface area (Å²) in [4.78, 5) is 0. The van der Waals surface area contributed by atoms with E-state index < -0.39 is 0 Å². The van der Waals surface area contributed by atoms with Crippen LogP contribution in [0.1, 0.15) is 62.3 Å². The first-order valence-electron chi connectivity index (χ1n) is 6.65. The highest BCUT2D eigenvalue weighted by molar-refractivity contribution is 7.75. The molecule has 0 atom stereocenters. The van der Waals surface area contributed by atoms with Crippen molar-refractivity contribution in [1.82, 2.24) is 0 Å². The summed E-state index contributed by atoms with van der Waals surface area (Å²) in [6.45, 7) is 21.1. The fourth-order valence-electron chi connectivity index (χ4n) is 3.86. The van der Waals surface area contributed by atoms with Crippen LogP contribution in [0.3, 0.4) is 0 Å². The van der Waals surface area contributed by atoms with Crippen LogP contribution in [0.15, 0.2) is 0 Å². The van der Waals surface area contributed by atoms with Crippen LogP contribution < -0.4 is 0 Å². The van der Waals surface area contributed by atoms with Crippen LogP contribution in [-0.4, -0.2) is 6.10 Å². The van der Waals surface area contributed by atoms with E-state index in [-0.39, 0.29) is 27.8 Å². The Bertz CT molecular complexity index is 274. The highest BCUT2D eigenvalue weighted by Gasteiger charge is 2.64. The van der Waals surface area contributed by atoms with Gasteiger partial charge < -0.3 is 4.18 Å². The number of hydrogen-bond acceptors (Lipinski definition) is 2. The summed E-state index contributed by atoms with van der Waals surface area (Å²) in [7, 11) is 0. The van der Waals surface area contributed by atoms with Crippen LogP contribution in [0.25, 0.3) is 0 Å². The number of hydrogen-bond donors (Lipinski definition) is 1. The Morgan fingerprint density at radius 1 is 0.706 bits per heavy atom. The second-order valence-electron chi connectivity index (χ2n) is 8.09. The fraction of sp³-hybridized carbons (Fsp3) is 1.00. The molecular weight excluding hydrogens is 228 g/mol. The fourth-order valence-corrected chi connectivity index (χ4v) is 4.39. The second kappa shape index (κ2) is 3.90. The molecule has 0 unspecified atom stereocenters. The van der Waals surface area contributed by atoms with E-state index in [1.54, 1.807) is 0 Å². The third kappa shape index (κ3) is 1.70. The van der Waals surface area contributed by atoms with Crippen LogP contribution in [0.4, 0.5) is 0 Å². The van der Waals surface area contributed by atoms with Crippen molar-refractivity contribution in [2.75, 3.05) is 0 Å². The lowest BCUT2D eigenvalue weighted by Crippen LogP contribution is -2.65. The molecule has 17 heavy (non-hydrogen) atoms. The third-order valence-corrected chi connectivity index (χ3v) is 7.11. The topological polar surface area (TPSA) is 9.23 Å². The second-order valence-corrected chi connectivity index (χ2v) is 8.30. The van der Waals surface area contributed by atoms with Gasteiger partial charge in [-0.1, -0.05) is 62.3 Å². The summed E-state index contributed by atoms with van der Waals surface area (Å²) in [6, 6.07) is 0. The van der Waals surface area contributed by atoms with Crippen molar-refractivity contribution in [2.45, 2.75) is 68.4 Å². The zero-order chi connectivity index (χ0) is 13.9. The minimum atomic E-state index is 0.104. The van der Waals surface area contributed by atoms with E-state index in [9.17, 15) is 0 Å². The summed E-state index contributed by atoms with van der Waals surface area (Å²) >= 11 is 4.18. The van der Waals surface area contributed by atoms with Crippen molar-refractivity contribution >= 4 is 12.9 Å². The van der Waals surface area contributed by atoms with Gasteiger partial charge in [-0.05, 0) is 40.5 Å². The molecule has 0 aromatic rings. The summed E-state index contributed by atoms with van der Waals surface area (Å²) in [6.07, 6.45) is 0.152. The van der Waals surface area contributed by atoms with E-state index in [0.717, 1.165) is 0 Å². The van der Waals surface area contributed by atoms with Gasteiger partial charge >= 0.3 is 0 Å². The highest BCUT2D eigenvalue weighted by Crippen LogP contribution is 2.66. The molecule has 0 N–H and O–H groups in total. The molecule has 0 aromatic carbocycles. The van der Waals surface area contributed by atoms with Crippen molar-refractivity contribution < 1.29 is 4.18 Å². The Morgan fingerprint density at radius 3 is 1.24 bits per heavy atom. The SMILES string of the molecule is CC1C(C)(C)C(C)(C)C(OS)C(C)(C)C1(C)C. The van der Waals surface area contributed by atoms with Gasteiger partial charge in [0.05, 0.1) is 6.10 Å². The van der Waals surface area contributed by atoms with Crippen molar-refractivity contribution in [3.05, 3.63) is 0 Å². The average molecular weight is 258 g/mol. The van der Waals surface area contributed by atoms with E-state index in [4.69, 9.17) is 4.18 Å². The molecule has 1 rings (SSSR count). The minimum absolute atomic E-state index is 0.104. The van der Waals surface area contributed by atoms with Gasteiger partial charge in [0.25, 0.3) is 0 Å². The Hall–Kier alpha value is 0.310. The average Bonchev–Trinajstić information content (AvgIpc) is 2.14. The first-order valence-corrected chi connectivity index (χ1v) is 7.02. The molecule has 1 aliphatic carbocycles. The maximum atomic E-state index is 5.64. The molecule has 2 heteroatoms. The monoisotopic (exact) mass is 258 g/mol. The quantitative estimate of drug-likeness (QED) is 0.516. The zero-order valence-electron chi connectivity index (χ0n) is 13.0. The van der Waals surface area contributed by atoms with Crippen molar-refractivity contribution in [3.8, 4) is 0 Å². The maximum Gasteiger partial charge on any atom is 0.0830 e. The molecule has 102 valence electrons. The summed E-state index contributed by atoms with van der Waals surface area (Å²) < 4.78 is 5.64. The molecule has 0 saturated heterocycles. The lowest BCUT2D eigenvalue weighted by molar-refractivity contribution is -0.216. The van der Waals surface area contributed by atoms with Gasteiger partial charge in [-0.3, -0.25) is 0 Å². The Morgan fingerprint density at radius 2 is 1.00 bits per heavy atom. The molecule has 1 nitrogen and oxygen atoms in total. The largest absolute Gasteiger partial charge is 0.314 e. The summed E-state index contributed by atoms with van der Waals surface area (Å²) in [5.74, 6) is 0.625. The van der Waals surface area contributed by atoms with Crippen LogP contribution in [0.5, 0.6) is 0 Å². The summed E-state index contributed by atoms with van der Waals surface area (Å²) in [5, 5.41) is 0. The predicted octanol–water partition coefficient (Wildman–Crippen LogP) is 4.97. The molecule has 0 bridgehead atoms. The van der Waals surface area contributed by atoms with E-state index in [2.05, 4.69) is 75.2 Å². The molecule has 0 aliphatic heterocycles. The van der Waals surface area contributed by atoms with E-state index >= 15 is 0 Å². The van der Waals surface area contributed by atoms with Gasteiger partial charge in [0, 0.05) is 0 Å². The normalized spacial score (nSPS) is 37.8. The van der Waals surface area contributed by atoms with Crippen LogP contribution in [-0.2, 0) is 4.18 Å². The van der Waals surface area contributed by atoms with Crippen molar-refractivity contribution in [3.63, 3.8) is 0 Å². The molecular formula is C15H30OS. The first-order chi connectivity index (χ1) is 7.35. The molecule has 1 fully saturated rings. The van der Waals surface area contributed by atoms with Crippen LogP contribution in [0, 0.1) is 27.6 Å². The first kappa shape index (κ1) is 15.4. The summed E-state index contributed by atoms with van der Waals surface area (Å²) in [5.41, 5.74) is 0.652. The third-order valence-electron chi connectivity index (χ3n) is 6.90. The highest BCUT2D eigenvalue weighted by atomic mass is 32.1. The Balaban J connectivity index is 3.43. The van der Waals surface area contributed by atoms with Gasteiger partial charge in [-0.2, -0.15) is 0 Å². The number of thiol groups is 1. The molecule has 0 radical (unpaired) electrons. The maximum absolute atomic E-state index is 5.64. The van der Waals surface area contributed by atoms with Crippen molar-refractivity contribution in [2.24, 2.45) is 27.6 Å². The molecule has 0 amide bonds. The lowest BCUT2D eigenvalue weighted by atomic mass is 9.39. The predicted molar refractivity (Wildman–Crippen MR) is 78.1 cm³/mol. The van der Waals surface area contributed by atoms with E-state index in [1.165, 1.54) is 0 Å². The van der Waals surface area contributed by atoms with Gasteiger partial charge in [0.2, 0.25) is 0 Å². The molecule has 0 heterocycles. The molecule has 0 spiro atoms.